The summed E-state index contributed by atoms with van der Waals surface area (Å²) in [6.07, 6.45) is 2.36. The summed E-state index contributed by atoms with van der Waals surface area (Å²) in [5.74, 6) is 2.13. The Bertz CT molecular complexity index is 894. The van der Waals surface area contributed by atoms with Crippen LogP contribution < -0.4 is 4.74 Å². The predicted molar refractivity (Wildman–Crippen MR) is 82.2 cm³/mol. The molecule has 0 fully saturated rings. The number of ether oxygens (including phenoxy) is 1. The second kappa shape index (κ2) is 5.27. The molecule has 0 amide bonds. The van der Waals surface area contributed by atoms with E-state index in [9.17, 15) is 0 Å². The largest absolute Gasteiger partial charge is 0.497 e. The molecule has 0 bridgehead atoms. The zero-order valence-corrected chi connectivity index (χ0v) is 12.6. The van der Waals surface area contributed by atoms with Gasteiger partial charge in [0.15, 0.2) is 5.76 Å². The topological polar surface area (TPSA) is 65.5 Å². The molecule has 0 aliphatic rings. The Morgan fingerprint density at radius 2 is 2.05 bits per heavy atom. The Kier molecular flexibility index (Phi) is 3.12. The SMILES string of the molecule is COc1ccc(Cc2nn3c(-c4ccco4)nnc3s2)cc1. The van der Waals surface area contributed by atoms with Gasteiger partial charge in [-0.25, -0.2) is 0 Å². The van der Waals surface area contributed by atoms with E-state index in [0.717, 1.165) is 22.1 Å². The summed E-state index contributed by atoms with van der Waals surface area (Å²) in [6, 6.07) is 11.6. The fourth-order valence-corrected chi connectivity index (χ4v) is 3.07. The van der Waals surface area contributed by atoms with Gasteiger partial charge >= 0.3 is 0 Å². The van der Waals surface area contributed by atoms with Crippen molar-refractivity contribution in [1.82, 2.24) is 19.8 Å². The average Bonchev–Trinajstić information content (AvgIpc) is 3.24. The summed E-state index contributed by atoms with van der Waals surface area (Å²) in [5.41, 5.74) is 1.17. The van der Waals surface area contributed by atoms with E-state index < -0.39 is 0 Å². The normalized spacial score (nSPS) is 11.1. The molecule has 0 saturated heterocycles. The number of hydrogen-bond acceptors (Lipinski definition) is 6. The Morgan fingerprint density at radius 3 is 2.77 bits per heavy atom. The van der Waals surface area contributed by atoms with Crippen LogP contribution in [0.3, 0.4) is 0 Å². The van der Waals surface area contributed by atoms with E-state index in [1.165, 1.54) is 16.9 Å². The van der Waals surface area contributed by atoms with Gasteiger partial charge < -0.3 is 9.15 Å². The zero-order chi connectivity index (χ0) is 14.9. The van der Waals surface area contributed by atoms with Crippen LogP contribution in [0.4, 0.5) is 0 Å². The van der Waals surface area contributed by atoms with Gasteiger partial charge in [-0.2, -0.15) is 9.61 Å². The number of furan rings is 1. The van der Waals surface area contributed by atoms with Crippen LogP contribution >= 0.6 is 11.3 Å². The van der Waals surface area contributed by atoms with Crippen molar-refractivity contribution in [2.75, 3.05) is 7.11 Å². The van der Waals surface area contributed by atoms with Crippen molar-refractivity contribution in [2.24, 2.45) is 0 Å². The molecular formula is C15H12N4O2S. The molecular weight excluding hydrogens is 300 g/mol. The quantitative estimate of drug-likeness (QED) is 0.579. The van der Waals surface area contributed by atoms with E-state index in [2.05, 4.69) is 15.3 Å². The molecule has 0 unspecified atom stereocenters. The summed E-state index contributed by atoms with van der Waals surface area (Å²) in [5, 5.41) is 13.8. The minimum atomic E-state index is 0.622. The summed E-state index contributed by atoms with van der Waals surface area (Å²) >= 11 is 1.53. The van der Waals surface area contributed by atoms with Crippen molar-refractivity contribution in [3.05, 3.63) is 53.2 Å². The number of fused-ring (bicyclic) bond motifs is 1. The van der Waals surface area contributed by atoms with Gasteiger partial charge in [0, 0.05) is 6.42 Å². The summed E-state index contributed by atoms with van der Waals surface area (Å²) in [4.78, 5) is 0.759. The van der Waals surface area contributed by atoms with Crippen LogP contribution in [0.1, 0.15) is 10.6 Å². The molecule has 0 aliphatic heterocycles. The highest BCUT2D eigenvalue weighted by Crippen LogP contribution is 2.23. The van der Waals surface area contributed by atoms with Gasteiger partial charge in [0.1, 0.15) is 10.8 Å². The van der Waals surface area contributed by atoms with Crippen LogP contribution in [0.5, 0.6) is 5.75 Å². The van der Waals surface area contributed by atoms with Crippen molar-refractivity contribution >= 4 is 16.3 Å². The van der Waals surface area contributed by atoms with Crippen molar-refractivity contribution in [1.29, 1.82) is 0 Å². The van der Waals surface area contributed by atoms with Crippen LogP contribution in [-0.2, 0) is 6.42 Å². The molecule has 4 rings (SSSR count). The van der Waals surface area contributed by atoms with Gasteiger partial charge in [0.25, 0.3) is 0 Å². The highest BCUT2D eigenvalue weighted by molar-refractivity contribution is 7.16. The van der Waals surface area contributed by atoms with Gasteiger partial charge in [-0.1, -0.05) is 23.5 Å². The fourth-order valence-electron chi connectivity index (χ4n) is 2.21. The van der Waals surface area contributed by atoms with Gasteiger partial charge in [-0.05, 0) is 29.8 Å². The first kappa shape index (κ1) is 13.0. The standard InChI is InChI=1S/C15H12N4O2S/c1-20-11-6-4-10(5-7-11)9-13-18-19-14(12-3-2-8-21-12)16-17-15(19)22-13/h2-8H,9H2,1H3. The molecule has 0 aliphatic carbocycles. The van der Waals surface area contributed by atoms with Crippen LogP contribution in [0.25, 0.3) is 16.5 Å². The number of rotatable bonds is 4. The van der Waals surface area contributed by atoms with Gasteiger partial charge in [0.05, 0.1) is 13.4 Å². The molecule has 1 aromatic carbocycles. The van der Waals surface area contributed by atoms with E-state index in [1.807, 2.05) is 36.4 Å². The number of aromatic nitrogens is 4. The molecule has 7 heteroatoms. The van der Waals surface area contributed by atoms with Crippen molar-refractivity contribution in [3.8, 4) is 17.3 Å². The first-order valence-corrected chi connectivity index (χ1v) is 7.53. The molecule has 110 valence electrons. The molecule has 0 atom stereocenters. The molecule has 0 spiro atoms. The molecule has 0 saturated carbocycles. The summed E-state index contributed by atoms with van der Waals surface area (Å²) in [7, 11) is 1.66. The van der Waals surface area contributed by atoms with Crippen molar-refractivity contribution in [3.63, 3.8) is 0 Å². The Hall–Kier alpha value is -2.67. The molecule has 0 radical (unpaired) electrons. The van der Waals surface area contributed by atoms with E-state index in [-0.39, 0.29) is 0 Å². The van der Waals surface area contributed by atoms with Gasteiger partial charge in [-0.15, -0.1) is 10.2 Å². The molecule has 0 N–H and O–H groups in total. The van der Waals surface area contributed by atoms with Crippen LogP contribution in [0.2, 0.25) is 0 Å². The highest BCUT2D eigenvalue weighted by atomic mass is 32.1. The Balaban J connectivity index is 1.65. The lowest BCUT2D eigenvalue weighted by atomic mass is 10.1. The molecule has 4 aromatic rings. The maximum absolute atomic E-state index is 5.37. The third-order valence-electron chi connectivity index (χ3n) is 3.29. The van der Waals surface area contributed by atoms with E-state index in [0.29, 0.717) is 11.6 Å². The zero-order valence-electron chi connectivity index (χ0n) is 11.8. The second-order valence-corrected chi connectivity index (χ2v) is 5.76. The van der Waals surface area contributed by atoms with Gasteiger partial charge in [-0.3, -0.25) is 0 Å². The number of nitrogens with zero attached hydrogens (tertiary/aromatic N) is 4. The average molecular weight is 312 g/mol. The third-order valence-corrected chi connectivity index (χ3v) is 4.19. The molecule has 22 heavy (non-hydrogen) atoms. The van der Waals surface area contributed by atoms with E-state index >= 15 is 0 Å². The lowest BCUT2D eigenvalue weighted by Crippen LogP contribution is -1.93. The van der Waals surface area contributed by atoms with Crippen LogP contribution in [-0.4, -0.2) is 26.9 Å². The Labute approximate surface area is 130 Å². The summed E-state index contributed by atoms with van der Waals surface area (Å²) in [6.45, 7) is 0. The number of hydrogen-bond donors (Lipinski definition) is 0. The summed E-state index contributed by atoms with van der Waals surface area (Å²) < 4.78 is 12.3. The maximum Gasteiger partial charge on any atom is 0.235 e. The first-order valence-electron chi connectivity index (χ1n) is 6.71. The van der Waals surface area contributed by atoms with Crippen molar-refractivity contribution < 1.29 is 9.15 Å². The third kappa shape index (κ3) is 2.25. The number of benzene rings is 1. The monoisotopic (exact) mass is 312 g/mol. The highest BCUT2D eigenvalue weighted by Gasteiger charge is 2.15. The van der Waals surface area contributed by atoms with E-state index in [4.69, 9.17) is 9.15 Å². The second-order valence-electron chi connectivity index (χ2n) is 4.72. The maximum atomic E-state index is 5.37. The van der Waals surface area contributed by atoms with E-state index in [1.54, 1.807) is 17.9 Å². The van der Waals surface area contributed by atoms with Gasteiger partial charge in [0.2, 0.25) is 10.8 Å². The first-order chi connectivity index (χ1) is 10.8. The fraction of sp³-hybridized carbons (Fsp3) is 0.133. The number of methoxy groups -OCH3 is 1. The smallest absolute Gasteiger partial charge is 0.235 e. The molecule has 3 aromatic heterocycles. The van der Waals surface area contributed by atoms with Crippen molar-refractivity contribution in [2.45, 2.75) is 6.42 Å². The minimum absolute atomic E-state index is 0.622. The predicted octanol–water partition coefficient (Wildman–Crippen LogP) is 3.05. The lowest BCUT2D eigenvalue weighted by molar-refractivity contribution is 0.414. The minimum Gasteiger partial charge on any atom is -0.497 e. The Morgan fingerprint density at radius 1 is 1.18 bits per heavy atom. The van der Waals surface area contributed by atoms with Crippen LogP contribution in [0.15, 0.2) is 47.1 Å². The van der Waals surface area contributed by atoms with Crippen LogP contribution in [0, 0.1) is 0 Å². The molecule has 3 heterocycles. The lowest BCUT2D eigenvalue weighted by Gasteiger charge is -2.01. The molecule has 6 nitrogen and oxygen atoms in total.